The summed E-state index contributed by atoms with van der Waals surface area (Å²) in [6.45, 7) is 5.75. The Bertz CT molecular complexity index is 712. The van der Waals surface area contributed by atoms with Crippen LogP contribution in [0, 0.1) is 0 Å². The zero-order valence-corrected chi connectivity index (χ0v) is 20.8. The summed E-state index contributed by atoms with van der Waals surface area (Å²) < 4.78 is 53.6. The van der Waals surface area contributed by atoms with Crippen molar-refractivity contribution in [1.29, 1.82) is 0 Å². The van der Waals surface area contributed by atoms with Crippen LogP contribution in [0.5, 0.6) is 17.2 Å². The molecule has 1 heterocycles. The number of nitrogens with zero attached hydrogens (tertiary/aromatic N) is 3. The molecule has 0 amide bonds. The third-order valence-corrected chi connectivity index (χ3v) is 4.84. The monoisotopic (exact) mass is 560 g/mol. The number of alkyl halides is 3. The van der Waals surface area contributed by atoms with Crippen LogP contribution < -0.4 is 19.5 Å². The Kier molecular flexibility index (Phi) is 11.5. The Labute approximate surface area is 198 Å². The summed E-state index contributed by atoms with van der Waals surface area (Å²) >= 11 is 0. The topological polar surface area (TPSA) is 58.6 Å². The van der Waals surface area contributed by atoms with E-state index in [1.807, 2.05) is 24.0 Å². The van der Waals surface area contributed by atoms with E-state index in [-0.39, 0.29) is 30.5 Å². The predicted octanol–water partition coefficient (Wildman–Crippen LogP) is 3.37. The average molecular weight is 560 g/mol. The van der Waals surface area contributed by atoms with Gasteiger partial charge in [-0.15, -0.1) is 24.0 Å². The van der Waals surface area contributed by atoms with E-state index in [0.717, 1.165) is 18.7 Å². The van der Waals surface area contributed by atoms with Gasteiger partial charge in [0.15, 0.2) is 17.5 Å². The van der Waals surface area contributed by atoms with Gasteiger partial charge in [0.05, 0.1) is 34.3 Å². The molecule has 1 aliphatic rings. The zero-order chi connectivity index (χ0) is 22.1. The fourth-order valence-electron chi connectivity index (χ4n) is 3.36. The summed E-state index contributed by atoms with van der Waals surface area (Å²) in [7, 11) is 4.75. The number of benzene rings is 1. The number of nitrogens with one attached hydrogen (secondary N) is 1. The number of methoxy groups -OCH3 is 3. The third-order valence-electron chi connectivity index (χ3n) is 4.84. The van der Waals surface area contributed by atoms with E-state index in [0.29, 0.717) is 49.4 Å². The van der Waals surface area contributed by atoms with Gasteiger partial charge >= 0.3 is 6.18 Å². The lowest BCUT2D eigenvalue weighted by Crippen LogP contribution is -2.52. The molecule has 0 aromatic heterocycles. The number of guanidine groups is 1. The Morgan fingerprint density at radius 2 is 1.68 bits per heavy atom. The van der Waals surface area contributed by atoms with Crippen molar-refractivity contribution in [2.75, 3.05) is 60.6 Å². The number of hydrogen-bond acceptors (Lipinski definition) is 5. The Balaban J connectivity index is 0.00000480. The van der Waals surface area contributed by atoms with Crippen molar-refractivity contribution in [3.05, 3.63) is 17.7 Å². The first kappa shape index (κ1) is 27.4. The smallest absolute Gasteiger partial charge is 0.390 e. The summed E-state index contributed by atoms with van der Waals surface area (Å²) in [4.78, 5) is 8.41. The van der Waals surface area contributed by atoms with Gasteiger partial charge < -0.3 is 24.4 Å². The summed E-state index contributed by atoms with van der Waals surface area (Å²) in [6, 6.07) is 3.80. The Morgan fingerprint density at radius 1 is 1.03 bits per heavy atom. The number of aliphatic imine (C=N–C) groups is 1. The van der Waals surface area contributed by atoms with Gasteiger partial charge in [0.25, 0.3) is 0 Å². The molecule has 0 spiro atoms. The number of rotatable bonds is 8. The van der Waals surface area contributed by atoms with Crippen LogP contribution in [0.3, 0.4) is 0 Å². The normalized spacial score (nSPS) is 15.3. The fraction of sp³-hybridized carbons (Fsp3) is 0.650. The number of hydrogen-bond donors (Lipinski definition) is 1. The average Bonchev–Trinajstić information content (AvgIpc) is 2.72. The zero-order valence-electron chi connectivity index (χ0n) is 18.4. The highest BCUT2D eigenvalue weighted by atomic mass is 127. The maximum atomic E-state index is 12.4. The number of ether oxygens (including phenoxy) is 3. The Morgan fingerprint density at radius 3 is 2.19 bits per heavy atom. The lowest BCUT2D eigenvalue weighted by atomic mass is 10.1. The lowest BCUT2D eigenvalue weighted by molar-refractivity contribution is -0.132. The number of piperazine rings is 1. The maximum absolute atomic E-state index is 12.4. The molecule has 0 bridgehead atoms. The molecule has 0 unspecified atom stereocenters. The second-order valence-electron chi connectivity index (χ2n) is 6.86. The minimum atomic E-state index is -4.20. The molecule has 1 aromatic carbocycles. The van der Waals surface area contributed by atoms with E-state index in [9.17, 15) is 13.2 Å². The largest absolute Gasteiger partial charge is 0.493 e. The Hall–Kier alpha value is -1.63. The van der Waals surface area contributed by atoms with Crippen molar-refractivity contribution < 1.29 is 27.4 Å². The minimum Gasteiger partial charge on any atom is -0.493 e. The molecule has 1 aromatic rings. The quantitative estimate of drug-likeness (QED) is 0.299. The summed E-state index contributed by atoms with van der Waals surface area (Å²) in [5.74, 6) is 2.34. The van der Waals surface area contributed by atoms with Crippen LogP contribution >= 0.6 is 24.0 Å². The van der Waals surface area contributed by atoms with E-state index in [2.05, 4.69) is 15.2 Å². The van der Waals surface area contributed by atoms with E-state index in [1.54, 1.807) is 21.3 Å². The molecule has 7 nitrogen and oxygen atoms in total. The molecule has 0 aliphatic carbocycles. The molecule has 0 radical (unpaired) electrons. The van der Waals surface area contributed by atoms with E-state index in [4.69, 9.17) is 14.2 Å². The van der Waals surface area contributed by atoms with E-state index < -0.39 is 12.6 Å². The molecule has 11 heteroatoms. The third kappa shape index (κ3) is 8.09. The molecular weight excluding hydrogens is 528 g/mol. The molecule has 31 heavy (non-hydrogen) atoms. The summed E-state index contributed by atoms with van der Waals surface area (Å²) in [6.07, 6.45) is -5.11. The first-order valence-electron chi connectivity index (χ1n) is 9.93. The standard InChI is InChI=1S/C20H31F3N4O3.HI/c1-5-24-19(25-9-8-20(21,22)23)27-12-10-26(11-13-27)14-15-6-7-16(28-2)18(30-4)17(15)29-3;/h6-7H,5,8-14H2,1-4H3,(H,24,25);1H. The van der Waals surface area contributed by atoms with Crippen LogP contribution in [0.1, 0.15) is 18.9 Å². The van der Waals surface area contributed by atoms with E-state index in [1.165, 1.54) is 0 Å². The molecule has 1 aliphatic heterocycles. The molecular formula is C20H32F3IN4O3. The lowest BCUT2D eigenvalue weighted by Gasteiger charge is -2.36. The number of halogens is 4. The van der Waals surface area contributed by atoms with Crippen molar-refractivity contribution in [2.45, 2.75) is 26.1 Å². The van der Waals surface area contributed by atoms with Gasteiger partial charge in [0.1, 0.15) is 0 Å². The first-order valence-corrected chi connectivity index (χ1v) is 9.93. The molecule has 0 saturated carbocycles. The highest BCUT2D eigenvalue weighted by Gasteiger charge is 2.27. The molecule has 178 valence electrons. The molecule has 0 atom stereocenters. The second-order valence-corrected chi connectivity index (χ2v) is 6.86. The van der Waals surface area contributed by atoms with Crippen molar-refractivity contribution in [1.82, 2.24) is 15.1 Å². The summed E-state index contributed by atoms with van der Waals surface area (Å²) in [5.41, 5.74) is 0.981. The van der Waals surface area contributed by atoms with Crippen LogP contribution in [-0.4, -0.2) is 82.5 Å². The maximum Gasteiger partial charge on any atom is 0.390 e. The van der Waals surface area contributed by atoms with Gasteiger partial charge in [-0.3, -0.25) is 9.89 Å². The van der Waals surface area contributed by atoms with Gasteiger partial charge in [-0.1, -0.05) is 6.07 Å². The second kappa shape index (κ2) is 13.0. The molecule has 1 N–H and O–H groups in total. The van der Waals surface area contributed by atoms with Gasteiger partial charge in [-0.2, -0.15) is 13.2 Å². The summed E-state index contributed by atoms with van der Waals surface area (Å²) in [5, 5.41) is 3.09. The van der Waals surface area contributed by atoms with Gasteiger partial charge in [0, 0.05) is 44.8 Å². The fourth-order valence-corrected chi connectivity index (χ4v) is 3.36. The van der Waals surface area contributed by atoms with Gasteiger partial charge in [0.2, 0.25) is 5.75 Å². The first-order chi connectivity index (χ1) is 14.3. The van der Waals surface area contributed by atoms with Crippen molar-refractivity contribution in [3.63, 3.8) is 0 Å². The van der Waals surface area contributed by atoms with Gasteiger partial charge in [-0.25, -0.2) is 0 Å². The highest BCUT2D eigenvalue weighted by Crippen LogP contribution is 2.40. The van der Waals surface area contributed by atoms with Crippen LogP contribution in [0.15, 0.2) is 17.1 Å². The SMILES string of the molecule is CCNC(=NCCC(F)(F)F)N1CCN(Cc2ccc(OC)c(OC)c2OC)CC1.I. The van der Waals surface area contributed by atoms with E-state index >= 15 is 0 Å². The molecule has 2 rings (SSSR count). The highest BCUT2D eigenvalue weighted by molar-refractivity contribution is 14.0. The van der Waals surface area contributed by atoms with Gasteiger partial charge in [-0.05, 0) is 13.0 Å². The van der Waals surface area contributed by atoms with Crippen LogP contribution in [0.2, 0.25) is 0 Å². The van der Waals surface area contributed by atoms with Crippen LogP contribution in [-0.2, 0) is 6.54 Å². The predicted molar refractivity (Wildman–Crippen MR) is 125 cm³/mol. The van der Waals surface area contributed by atoms with Crippen LogP contribution in [0.25, 0.3) is 0 Å². The van der Waals surface area contributed by atoms with Crippen molar-refractivity contribution in [2.24, 2.45) is 4.99 Å². The van der Waals surface area contributed by atoms with Crippen LogP contribution in [0.4, 0.5) is 13.2 Å². The van der Waals surface area contributed by atoms with Crippen molar-refractivity contribution >= 4 is 29.9 Å². The van der Waals surface area contributed by atoms with Crippen molar-refractivity contribution in [3.8, 4) is 17.2 Å². The molecule has 1 saturated heterocycles. The minimum absolute atomic E-state index is 0. The molecule has 1 fully saturated rings.